The molecular formula is C15H23N5O. The fourth-order valence-electron chi connectivity index (χ4n) is 3.61. The third-order valence-corrected chi connectivity index (χ3v) is 4.87. The SMILES string of the molecule is CN1C2CCC1CN(Cc1cccnc1C(N)=NO)CC2. The van der Waals surface area contributed by atoms with E-state index in [1.165, 1.54) is 19.3 Å². The van der Waals surface area contributed by atoms with E-state index >= 15 is 0 Å². The van der Waals surface area contributed by atoms with Gasteiger partial charge in [-0.2, -0.15) is 0 Å². The van der Waals surface area contributed by atoms with Crippen molar-refractivity contribution in [3.63, 3.8) is 0 Å². The number of oxime groups is 1. The maximum Gasteiger partial charge on any atom is 0.189 e. The number of pyridine rings is 1. The molecule has 21 heavy (non-hydrogen) atoms. The summed E-state index contributed by atoms with van der Waals surface area (Å²) in [5, 5.41) is 12.0. The molecule has 0 amide bonds. The lowest BCUT2D eigenvalue weighted by molar-refractivity contribution is 0.214. The van der Waals surface area contributed by atoms with Crippen LogP contribution in [0.25, 0.3) is 0 Å². The Bertz CT molecular complexity index is 533. The van der Waals surface area contributed by atoms with Gasteiger partial charge in [-0.15, -0.1) is 0 Å². The van der Waals surface area contributed by atoms with Crippen LogP contribution in [0.2, 0.25) is 0 Å². The number of nitrogens with zero attached hydrogens (tertiary/aromatic N) is 4. The van der Waals surface area contributed by atoms with Crippen molar-refractivity contribution in [1.29, 1.82) is 0 Å². The fraction of sp³-hybridized carbons (Fsp3) is 0.600. The molecule has 2 saturated heterocycles. The number of aromatic nitrogens is 1. The fourth-order valence-corrected chi connectivity index (χ4v) is 3.61. The van der Waals surface area contributed by atoms with Crippen LogP contribution in [0.4, 0.5) is 0 Å². The van der Waals surface area contributed by atoms with Gasteiger partial charge < -0.3 is 10.9 Å². The zero-order valence-electron chi connectivity index (χ0n) is 12.4. The molecule has 2 aliphatic rings. The van der Waals surface area contributed by atoms with E-state index < -0.39 is 0 Å². The van der Waals surface area contributed by atoms with Gasteiger partial charge in [0.15, 0.2) is 5.84 Å². The topological polar surface area (TPSA) is 78.0 Å². The van der Waals surface area contributed by atoms with Crippen molar-refractivity contribution in [2.75, 3.05) is 20.1 Å². The summed E-state index contributed by atoms with van der Waals surface area (Å²) in [4.78, 5) is 9.25. The molecule has 3 rings (SSSR count). The molecule has 1 aromatic heterocycles. The maximum atomic E-state index is 8.89. The molecule has 6 heteroatoms. The van der Waals surface area contributed by atoms with E-state index in [0.29, 0.717) is 11.7 Å². The number of hydrogen-bond acceptors (Lipinski definition) is 5. The van der Waals surface area contributed by atoms with Gasteiger partial charge in [-0.3, -0.25) is 14.8 Å². The van der Waals surface area contributed by atoms with Crippen LogP contribution in [-0.4, -0.2) is 58.0 Å². The number of amidine groups is 1. The Balaban J connectivity index is 1.75. The summed E-state index contributed by atoms with van der Waals surface area (Å²) in [7, 11) is 2.25. The zero-order valence-corrected chi connectivity index (χ0v) is 12.4. The van der Waals surface area contributed by atoms with E-state index in [0.717, 1.165) is 31.2 Å². The van der Waals surface area contributed by atoms with Gasteiger partial charge in [0.2, 0.25) is 0 Å². The van der Waals surface area contributed by atoms with E-state index in [1.807, 2.05) is 12.1 Å². The number of fused-ring (bicyclic) bond motifs is 2. The monoisotopic (exact) mass is 289 g/mol. The predicted molar refractivity (Wildman–Crippen MR) is 81.2 cm³/mol. The van der Waals surface area contributed by atoms with Gasteiger partial charge >= 0.3 is 0 Å². The molecule has 0 saturated carbocycles. The van der Waals surface area contributed by atoms with Crippen molar-refractivity contribution >= 4 is 5.84 Å². The van der Waals surface area contributed by atoms with E-state index in [4.69, 9.17) is 10.9 Å². The van der Waals surface area contributed by atoms with Crippen LogP contribution in [0, 0.1) is 0 Å². The van der Waals surface area contributed by atoms with Gasteiger partial charge in [-0.25, -0.2) is 0 Å². The molecule has 0 aromatic carbocycles. The molecule has 2 unspecified atom stereocenters. The summed E-state index contributed by atoms with van der Waals surface area (Å²) >= 11 is 0. The van der Waals surface area contributed by atoms with Crippen LogP contribution in [0.15, 0.2) is 23.5 Å². The molecule has 0 radical (unpaired) electrons. The summed E-state index contributed by atoms with van der Waals surface area (Å²) < 4.78 is 0. The lowest BCUT2D eigenvalue weighted by atomic mass is 10.1. The summed E-state index contributed by atoms with van der Waals surface area (Å²) in [6.07, 6.45) is 5.51. The van der Waals surface area contributed by atoms with Gasteiger partial charge in [-0.1, -0.05) is 11.2 Å². The van der Waals surface area contributed by atoms with E-state index in [9.17, 15) is 0 Å². The Morgan fingerprint density at radius 1 is 1.43 bits per heavy atom. The predicted octanol–water partition coefficient (Wildman–Crippen LogP) is 0.845. The van der Waals surface area contributed by atoms with E-state index in [-0.39, 0.29) is 5.84 Å². The number of hydrogen-bond donors (Lipinski definition) is 2. The van der Waals surface area contributed by atoms with Crippen LogP contribution in [-0.2, 0) is 6.54 Å². The van der Waals surface area contributed by atoms with Crippen molar-refractivity contribution in [2.24, 2.45) is 10.9 Å². The lowest BCUT2D eigenvalue weighted by Gasteiger charge is -2.26. The largest absolute Gasteiger partial charge is 0.409 e. The van der Waals surface area contributed by atoms with Crippen LogP contribution >= 0.6 is 0 Å². The first-order valence-corrected chi connectivity index (χ1v) is 7.55. The molecule has 2 aliphatic heterocycles. The van der Waals surface area contributed by atoms with Gasteiger partial charge in [0, 0.05) is 37.9 Å². The smallest absolute Gasteiger partial charge is 0.189 e. The first-order chi connectivity index (χ1) is 10.2. The Kier molecular flexibility index (Phi) is 4.07. The van der Waals surface area contributed by atoms with Crippen LogP contribution in [0.3, 0.4) is 0 Å². The average Bonchev–Trinajstić information content (AvgIpc) is 2.75. The zero-order chi connectivity index (χ0) is 14.8. The Morgan fingerprint density at radius 3 is 3.05 bits per heavy atom. The highest BCUT2D eigenvalue weighted by molar-refractivity contribution is 5.96. The molecule has 2 bridgehead atoms. The van der Waals surface area contributed by atoms with E-state index in [2.05, 4.69) is 27.0 Å². The highest BCUT2D eigenvalue weighted by atomic mass is 16.4. The first-order valence-electron chi connectivity index (χ1n) is 7.55. The van der Waals surface area contributed by atoms with Crippen molar-refractivity contribution in [3.05, 3.63) is 29.6 Å². The summed E-state index contributed by atoms with van der Waals surface area (Å²) in [5.74, 6) is 0.0825. The van der Waals surface area contributed by atoms with Crippen molar-refractivity contribution in [1.82, 2.24) is 14.8 Å². The third kappa shape index (κ3) is 2.87. The second-order valence-corrected chi connectivity index (χ2v) is 6.07. The number of likely N-dealkylation sites (tertiary alicyclic amines) is 1. The minimum atomic E-state index is 0.0825. The molecule has 0 aliphatic carbocycles. The molecule has 1 aromatic rings. The third-order valence-electron chi connectivity index (χ3n) is 4.87. The van der Waals surface area contributed by atoms with Crippen molar-refractivity contribution in [2.45, 2.75) is 37.9 Å². The highest BCUT2D eigenvalue weighted by Gasteiger charge is 2.34. The summed E-state index contributed by atoms with van der Waals surface area (Å²) in [6, 6.07) is 5.30. The standard InChI is InChI=1S/C15H23N5O/c1-19-12-4-5-13(19)10-20(8-6-12)9-11-3-2-7-17-14(11)15(16)18-21/h2-3,7,12-13,21H,4-6,8-10H2,1H3,(H2,16,18). The quantitative estimate of drug-likeness (QED) is 0.373. The van der Waals surface area contributed by atoms with Gasteiger partial charge in [0.25, 0.3) is 0 Å². The number of likely N-dealkylation sites (N-methyl/N-ethyl adjacent to an activating group) is 1. The minimum Gasteiger partial charge on any atom is -0.409 e. The first kappa shape index (κ1) is 14.3. The van der Waals surface area contributed by atoms with Gasteiger partial charge in [0.05, 0.1) is 0 Å². The van der Waals surface area contributed by atoms with Crippen LogP contribution < -0.4 is 5.73 Å². The van der Waals surface area contributed by atoms with E-state index in [1.54, 1.807) is 6.20 Å². The maximum absolute atomic E-state index is 8.89. The second kappa shape index (κ2) is 5.99. The van der Waals surface area contributed by atoms with Crippen molar-refractivity contribution in [3.8, 4) is 0 Å². The molecule has 0 spiro atoms. The molecule has 2 atom stereocenters. The Labute approximate surface area is 125 Å². The second-order valence-electron chi connectivity index (χ2n) is 6.07. The Hall–Kier alpha value is -1.66. The normalized spacial score (nSPS) is 27.8. The molecule has 6 nitrogen and oxygen atoms in total. The van der Waals surface area contributed by atoms with Crippen LogP contribution in [0.5, 0.6) is 0 Å². The molecule has 3 N–H and O–H groups in total. The minimum absolute atomic E-state index is 0.0825. The summed E-state index contributed by atoms with van der Waals surface area (Å²) in [5.41, 5.74) is 7.33. The average molecular weight is 289 g/mol. The Morgan fingerprint density at radius 2 is 2.24 bits per heavy atom. The summed E-state index contributed by atoms with van der Waals surface area (Å²) in [6.45, 7) is 2.98. The molecular weight excluding hydrogens is 266 g/mol. The van der Waals surface area contributed by atoms with Gasteiger partial charge in [0.1, 0.15) is 5.69 Å². The molecule has 114 valence electrons. The lowest BCUT2D eigenvalue weighted by Crippen LogP contribution is -2.36. The molecule has 3 heterocycles. The van der Waals surface area contributed by atoms with Crippen molar-refractivity contribution < 1.29 is 5.21 Å². The van der Waals surface area contributed by atoms with Gasteiger partial charge in [-0.05, 0) is 37.9 Å². The number of nitrogens with two attached hydrogens (primary N) is 1. The number of rotatable bonds is 3. The molecule has 2 fully saturated rings. The van der Waals surface area contributed by atoms with Crippen LogP contribution in [0.1, 0.15) is 30.5 Å². The highest BCUT2D eigenvalue weighted by Crippen LogP contribution is 2.29.